The highest BCUT2D eigenvalue weighted by Crippen LogP contribution is 2.22. The maximum Gasteiger partial charge on any atom is 0.259 e. The second-order valence-corrected chi connectivity index (χ2v) is 7.35. The van der Waals surface area contributed by atoms with Crippen molar-refractivity contribution in [2.24, 2.45) is 0 Å². The molecule has 28 heavy (non-hydrogen) atoms. The number of rotatable bonds is 5. The first-order valence-corrected chi connectivity index (χ1v) is 9.97. The predicted molar refractivity (Wildman–Crippen MR) is 110 cm³/mol. The summed E-state index contributed by atoms with van der Waals surface area (Å²) >= 11 is 0. The minimum Gasteiger partial charge on any atom is -0.336 e. The van der Waals surface area contributed by atoms with E-state index >= 15 is 0 Å². The van der Waals surface area contributed by atoms with Gasteiger partial charge in [-0.25, -0.2) is 4.68 Å². The Morgan fingerprint density at radius 3 is 2.36 bits per heavy atom. The van der Waals surface area contributed by atoms with Crippen LogP contribution in [0.25, 0.3) is 11.5 Å². The van der Waals surface area contributed by atoms with Crippen LogP contribution in [0.2, 0.25) is 0 Å². The largest absolute Gasteiger partial charge is 0.336 e. The molecule has 0 spiro atoms. The monoisotopic (exact) mass is 377 g/mol. The molecular formula is C22H27N5O. The molecular weight excluding hydrogens is 350 g/mol. The van der Waals surface area contributed by atoms with E-state index in [4.69, 9.17) is 0 Å². The molecule has 0 radical (unpaired) electrons. The molecule has 1 amide bonds. The Bertz CT molecular complexity index is 919. The lowest BCUT2D eigenvalue weighted by Gasteiger charge is -2.34. The highest BCUT2D eigenvalue weighted by atomic mass is 16.2. The Morgan fingerprint density at radius 2 is 1.71 bits per heavy atom. The number of benzene rings is 1. The predicted octanol–water partition coefficient (Wildman–Crippen LogP) is 3.14. The van der Waals surface area contributed by atoms with E-state index in [-0.39, 0.29) is 5.91 Å². The molecule has 2 aromatic heterocycles. The molecule has 6 nitrogen and oxygen atoms in total. The van der Waals surface area contributed by atoms with Crippen molar-refractivity contribution in [1.82, 2.24) is 24.1 Å². The molecule has 1 aliphatic rings. The molecule has 3 aromatic rings. The number of amides is 1. The van der Waals surface area contributed by atoms with Crippen molar-refractivity contribution in [3.05, 3.63) is 66.1 Å². The van der Waals surface area contributed by atoms with Crippen molar-refractivity contribution in [2.75, 3.05) is 32.7 Å². The van der Waals surface area contributed by atoms with Crippen LogP contribution < -0.4 is 0 Å². The van der Waals surface area contributed by atoms with Crippen LogP contribution in [0, 0.1) is 6.92 Å². The first-order valence-electron chi connectivity index (χ1n) is 9.97. The SMILES string of the molecule is CCCN1CCN(C(=O)c2cnn(-c3ccc(C)cc3)c2-n2cccc2)CC1. The van der Waals surface area contributed by atoms with Gasteiger partial charge in [0.15, 0.2) is 5.82 Å². The van der Waals surface area contributed by atoms with E-state index in [0.29, 0.717) is 5.56 Å². The fraction of sp³-hybridized carbons (Fsp3) is 0.364. The van der Waals surface area contributed by atoms with Gasteiger partial charge in [-0.05, 0) is 44.2 Å². The molecule has 0 atom stereocenters. The molecule has 0 aliphatic carbocycles. The molecule has 0 unspecified atom stereocenters. The zero-order valence-corrected chi connectivity index (χ0v) is 16.6. The minimum atomic E-state index is 0.0539. The van der Waals surface area contributed by atoms with Gasteiger partial charge in [-0.3, -0.25) is 9.69 Å². The molecule has 4 rings (SSSR count). The van der Waals surface area contributed by atoms with Gasteiger partial charge < -0.3 is 9.47 Å². The third-order valence-electron chi connectivity index (χ3n) is 5.30. The highest BCUT2D eigenvalue weighted by Gasteiger charge is 2.27. The molecule has 3 heterocycles. The first-order chi connectivity index (χ1) is 13.7. The van der Waals surface area contributed by atoms with Crippen LogP contribution in [0.1, 0.15) is 29.3 Å². The Kier molecular flexibility index (Phi) is 5.30. The number of nitrogens with zero attached hydrogens (tertiary/aromatic N) is 5. The second kappa shape index (κ2) is 8.02. The quantitative estimate of drug-likeness (QED) is 0.686. The fourth-order valence-electron chi connectivity index (χ4n) is 3.75. The summed E-state index contributed by atoms with van der Waals surface area (Å²) in [6.07, 6.45) is 6.76. The summed E-state index contributed by atoms with van der Waals surface area (Å²) in [6, 6.07) is 12.1. The summed E-state index contributed by atoms with van der Waals surface area (Å²) in [5, 5.41) is 4.57. The van der Waals surface area contributed by atoms with Gasteiger partial charge in [-0.1, -0.05) is 24.6 Å². The van der Waals surface area contributed by atoms with Crippen molar-refractivity contribution in [3.63, 3.8) is 0 Å². The average Bonchev–Trinajstić information content (AvgIpc) is 3.38. The number of carbonyl (C=O) groups is 1. The lowest BCUT2D eigenvalue weighted by Crippen LogP contribution is -2.48. The highest BCUT2D eigenvalue weighted by molar-refractivity contribution is 5.97. The summed E-state index contributed by atoms with van der Waals surface area (Å²) in [7, 11) is 0. The van der Waals surface area contributed by atoms with Crippen molar-refractivity contribution < 1.29 is 4.79 Å². The van der Waals surface area contributed by atoms with E-state index in [2.05, 4.69) is 36.0 Å². The molecule has 1 fully saturated rings. The Balaban J connectivity index is 1.66. The smallest absolute Gasteiger partial charge is 0.259 e. The number of aromatic nitrogens is 3. The lowest BCUT2D eigenvalue weighted by atomic mass is 10.2. The van der Waals surface area contributed by atoms with Gasteiger partial charge in [0.25, 0.3) is 5.91 Å². The Labute approximate surface area is 166 Å². The Hall–Kier alpha value is -2.86. The number of aryl methyl sites for hydroxylation is 1. The average molecular weight is 377 g/mol. The van der Waals surface area contributed by atoms with Gasteiger partial charge in [0.2, 0.25) is 0 Å². The number of piperazine rings is 1. The van der Waals surface area contributed by atoms with E-state index in [1.807, 2.05) is 50.8 Å². The van der Waals surface area contributed by atoms with Gasteiger partial charge in [-0.15, -0.1) is 0 Å². The summed E-state index contributed by atoms with van der Waals surface area (Å²) < 4.78 is 3.81. The van der Waals surface area contributed by atoms with Gasteiger partial charge >= 0.3 is 0 Å². The van der Waals surface area contributed by atoms with Gasteiger partial charge in [0.05, 0.1) is 11.9 Å². The molecule has 1 aromatic carbocycles. The third-order valence-corrected chi connectivity index (χ3v) is 5.30. The molecule has 1 aliphatic heterocycles. The van der Waals surface area contributed by atoms with Crippen LogP contribution in [0.3, 0.4) is 0 Å². The van der Waals surface area contributed by atoms with Gasteiger partial charge in [0.1, 0.15) is 5.56 Å². The molecule has 0 bridgehead atoms. The van der Waals surface area contributed by atoms with E-state index in [1.54, 1.807) is 6.20 Å². The van der Waals surface area contributed by atoms with Gasteiger partial charge in [0, 0.05) is 38.6 Å². The number of hydrogen-bond acceptors (Lipinski definition) is 3. The van der Waals surface area contributed by atoms with Crippen LogP contribution in [0.15, 0.2) is 55.0 Å². The van der Waals surface area contributed by atoms with E-state index < -0.39 is 0 Å². The van der Waals surface area contributed by atoms with Crippen LogP contribution in [-0.4, -0.2) is 62.8 Å². The van der Waals surface area contributed by atoms with Crippen molar-refractivity contribution in [2.45, 2.75) is 20.3 Å². The van der Waals surface area contributed by atoms with Crippen molar-refractivity contribution in [1.29, 1.82) is 0 Å². The van der Waals surface area contributed by atoms with E-state index in [1.165, 1.54) is 5.56 Å². The minimum absolute atomic E-state index is 0.0539. The van der Waals surface area contributed by atoms with Crippen LogP contribution in [0.4, 0.5) is 0 Å². The molecule has 0 N–H and O–H groups in total. The standard InChI is InChI=1S/C22H27N5O/c1-3-10-24-13-15-26(16-14-24)22(28)20-17-23-27(19-8-6-18(2)7-9-19)21(20)25-11-4-5-12-25/h4-9,11-12,17H,3,10,13-16H2,1-2H3. The summed E-state index contributed by atoms with van der Waals surface area (Å²) in [5.74, 6) is 0.841. The van der Waals surface area contributed by atoms with Crippen LogP contribution >= 0.6 is 0 Å². The molecule has 146 valence electrons. The maximum atomic E-state index is 13.3. The van der Waals surface area contributed by atoms with Crippen LogP contribution in [0.5, 0.6) is 0 Å². The normalized spacial score (nSPS) is 15.1. The first kappa shape index (κ1) is 18.5. The molecule has 0 saturated carbocycles. The zero-order valence-electron chi connectivity index (χ0n) is 16.6. The molecule has 6 heteroatoms. The third kappa shape index (κ3) is 3.60. The molecule has 1 saturated heterocycles. The summed E-state index contributed by atoms with van der Waals surface area (Å²) in [4.78, 5) is 17.7. The summed E-state index contributed by atoms with van der Waals surface area (Å²) in [6.45, 7) is 8.75. The topological polar surface area (TPSA) is 46.3 Å². The Morgan fingerprint density at radius 1 is 1.04 bits per heavy atom. The lowest BCUT2D eigenvalue weighted by molar-refractivity contribution is 0.0637. The van der Waals surface area contributed by atoms with E-state index in [9.17, 15) is 4.79 Å². The number of hydrogen-bond donors (Lipinski definition) is 0. The van der Waals surface area contributed by atoms with Gasteiger partial charge in [-0.2, -0.15) is 5.10 Å². The fourth-order valence-corrected chi connectivity index (χ4v) is 3.75. The number of carbonyl (C=O) groups excluding carboxylic acids is 1. The summed E-state index contributed by atoms with van der Waals surface area (Å²) in [5.41, 5.74) is 2.78. The van der Waals surface area contributed by atoms with Crippen LogP contribution in [-0.2, 0) is 0 Å². The zero-order chi connectivity index (χ0) is 19.5. The maximum absolute atomic E-state index is 13.3. The van der Waals surface area contributed by atoms with Crippen molar-refractivity contribution >= 4 is 5.91 Å². The second-order valence-electron chi connectivity index (χ2n) is 7.35. The van der Waals surface area contributed by atoms with Crippen molar-refractivity contribution in [3.8, 4) is 11.5 Å². The van der Waals surface area contributed by atoms with E-state index in [0.717, 1.165) is 50.6 Å².